The molecule has 11 heteroatoms. The van der Waals surface area contributed by atoms with Crippen LogP contribution in [-0.4, -0.2) is 61.5 Å². The molecule has 4 bridgehead atoms. The Morgan fingerprint density at radius 3 is 2.57 bits per heavy atom. The molecular formula is C24H26ClN5O4S. The van der Waals surface area contributed by atoms with Crippen molar-refractivity contribution < 1.29 is 17.9 Å². The van der Waals surface area contributed by atoms with Gasteiger partial charge in [-0.1, -0.05) is 24.3 Å². The largest absolute Gasteiger partial charge is 0.475 e. The standard InChI is InChI=1S/C24H25N5O4S.ClH/c1-15-5-3-6-16(2)22(15)20-12-21-27-24(26-20)28-34(31,32)19-8-4-7-17(11-19)23(30)29-10-9-25-13-18(29)14-33-21;/h3-8,11-12,18,25H,9-10,13-14H2,1-2H3,(H,26,27,28);1H/t18-;/m1./s1. The molecule has 1 fully saturated rings. The maximum atomic E-state index is 13.3. The SMILES string of the molecule is Cc1cccc(C)c1-c1cc2nc(n1)NS(=O)(=O)c1cccc(c1)C(=O)N1CCNC[C@@H]1CO2.Cl. The van der Waals surface area contributed by atoms with Crippen molar-refractivity contribution in [1.29, 1.82) is 0 Å². The van der Waals surface area contributed by atoms with Gasteiger partial charge in [0.15, 0.2) is 0 Å². The molecule has 184 valence electrons. The highest BCUT2D eigenvalue weighted by molar-refractivity contribution is 7.92. The summed E-state index contributed by atoms with van der Waals surface area (Å²) in [5, 5.41) is 3.29. The smallest absolute Gasteiger partial charge is 0.264 e. The van der Waals surface area contributed by atoms with Gasteiger partial charge < -0.3 is 15.0 Å². The van der Waals surface area contributed by atoms with Crippen LogP contribution in [0.15, 0.2) is 53.4 Å². The fourth-order valence-electron chi connectivity index (χ4n) is 4.39. The maximum Gasteiger partial charge on any atom is 0.264 e. The Morgan fingerprint density at radius 1 is 1.06 bits per heavy atom. The molecule has 1 saturated heterocycles. The Hall–Kier alpha value is -3.21. The Morgan fingerprint density at radius 2 is 1.80 bits per heavy atom. The van der Waals surface area contributed by atoms with Crippen molar-refractivity contribution in [1.82, 2.24) is 20.2 Å². The zero-order valence-corrected chi connectivity index (χ0v) is 20.9. The Balaban J connectivity index is 0.00000289. The third-order valence-corrected chi connectivity index (χ3v) is 7.42. The minimum Gasteiger partial charge on any atom is -0.475 e. The lowest BCUT2D eigenvalue weighted by Crippen LogP contribution is -2.55. The number of piperazine rings is 1. The molecule has 2 N–H and O–H groups in total. The molecule has 35 heavy (non-hydrogen) atoms. The minimum atomic E-state index is -4.04. The molecule has 2 aromatic carbocycles. The van der Waals surface area contributed by atoms with Gasteiger partial charge in [-0.05, 0) is 43.2 Å². The van der Waals surface area contributed by atoms with Gasteiger partial charge in [-0.3, -0.25) is 4.79 Å². The topological polar surface area (TPSA) is 114 Å². The zero-order chi connectivity index (χ0) is 23.9. The maximum absolute atomic E-state index is 13.3. The molecule has 0 aliphatic carbocycles. The van der Waals surface area contributed by atoms with E-state index in [9.17, 15) is 13.2 Å². The molecule has 1 aromatic heterocycles. The van der Waals surface area contributed by atoms with Gasteiger partial charge in [-0.15, -0.1) is 12.4 Å². The van der Waals surface area contributed by atoms with E-state index < -0.39 is 10.0 Å². The molecule has 5 rings (SSSR count). The van der Waals surface area contributed by atoms with Crippen molar-refractivity contribution in [2.75, 3.05) is 31.0 Å². The van der Waals surface area contributed by atoms with Crippen molar-refractivity contribution in [2.45, 2.75) is 24.8 Å². The lowest BCUT2D eigenvalue weighted by atomic mass is 10.00. The molecule has 2 aliphatic rings. The van der Waals surface area contributed by atoms with Crippen LogP contribution in [-0.2, 0) is 10.0 Å². The molecule has 3 aromatic rings. The summed E-state index contributed by atoms with van der Waals surface area (Å²) >= 11 is 0. The Kier molecular flexibility index (Phi) is 6.98. The van der Waals surface area contributed by atoms with Crippen molar-refractivity contribution >= 4 is 34.3 Å². The van der Waals surface area contributed by atoms with Crippen molar-refractivity contribution in [3.8, 4) is 17.1 Å². The number of fused-ring (bicyclic) bond motifs is 5. The van der Waals surface area contributed by atoms with Gasteiger partial charge in [0.05, 0.1) is 16.6 Å². The molecule has 0 unspecified atom stereocenters. The third-order valence-electron chi connectivity index (χ3n) is 6.09. The summed E-state index contributed by atoms with van der Waals surface area (Å²) in [5.74, 6) is -0.0977. The molecule has 1 amide bonds. The van der Waals surface area contributed by atoms with Crippen molar-refractivity contribution in [2.24, 2.45) is 0 Å². The van der Waals surface area contributed by atoms with Crippen LogP contribution in [0.3, 0.4) is 0 Å². The summed E-state index contributed by atoms with van der Waals surface area (Å²) in [6.45, 7) is 5.85. The summed E-state index contributed by atoms with van der Waals surface area (Å²) < 4.78 is 34.8. The lowest BCUT2D eigenvalue weighted by molar-refractivity contribution is 0.0555. The van der Waals surface area contributed by atoms with Gasteiger partial charge in [0.25, 0.3) is 15.9 Å². The lowest BCUT2D eigenvalue weighted by Gasteiger charge is -2.36. The highest BCUT2D eigenvalue weighted by atomic mass is 35.5. The van der Waals surface area contributed by atoms with Gasteiger partial charge in [-0.2, -0.15) is 4.98 Å². The number of carbonyl (C=O) groups excluding carboxylic acids is 1. The number of anilines is 1. The molecule has 9 nitrogen and oxygen atoms in total. The van der Waals surface area contributed by atoms with Gasteiger partial charge in [0.2, 0.25) is 11.8 Å². The highest BCUT2D eigenvalue weighted by Crippen LogP contribution is 2.30. The number of ether oxygens (including phenoxy) is 1. The number of benzene rings is 2. The summed E-state index contributed by atoms with van der Waals surface area (Å²) in [4.78, 5) is 23.8. The van der Waals surface area contributed by atoms with E-state index >= 15 is 0 Å². The molecule has 0 radical (unpaired) electrons. The molecule has 2 aliphatic heterocycles. The van der Waals surface area contributed by atoms with E-state index in [0.717, 1.165) is 16.7 Å². The van der Waals surface area contributed by atoms with E-state index in [1.165, 1.54) is 12.1 Å². The first-order valence-electron chi connectivity index (χ1n) is 11.0. The van der Waals surface area contributed by atoms with E-state index in [4.69, 9.17) is 4.74 Å². The average molecular weight is 516 g/mol. The fraction of sp³-hybridized carbons (Fsp3) is 0.292. The van der Waals surface area contributed by atoms with Gasteiger partial charge in [0.1, 0.15) is 6.61 Å². The number of halogens is 1. The number of amides is 1. The van der Waals surface area contributed by atoms with Gasteiger partial charge in [0, 0.05) is 36.8 Å². The number of carbonyl (C=O) groups is 1. The predicted octanol–water partition coefficient (Wildman–Crippen LogP) is 2.79. The Labute approximate surface area is 210 Å². The average Bonchev–Trinajstić information content (AvgIpc) is 2.82. The molecular weight excluding hydrogens is 490 g/mol. The zero-order valence-electron chi connectivity index (χ0n) is 19.3. The molecule has 0 saturated carbocycles. The summed E-state index contributed by atoms with van der Waals surface area (Å²) in [6, 6.07) is 13.4. The number of aryl methyl sites for hydroxylation is 2. The van der Waals surface area contributed by atoms with Crippen LogP contribution in [0.5, 0.6) is 5.88 Å². The first kappa shape index (κ1) is 24.9. The van der Waals surface area contributed by atoms with E-state index in [0.29, 0.717) is 30.9 Å². The fourth-order valence-corrected chi connectivity index (χ4v) is 5.38. The summed E-state index contributed by atoms with van der Waals surface area (Å²) in [5.41, 5.74) is 3.74. The predicted molar refractivity (Wildman–Crippen MR) is 135 cm³/mol. The monoisotopic (exact) mass is 515 g/mol. The number of nitrogens with zero attached hydrogens (tertiary/aromatic N) is 3. The van der Waals surface area contributed by atoms with Crippen LogP contribution >= 0.6 is 12.4 Å². The van der Waals surface area contributed by atoms with Crippen LogP contribution < -0.4 is 14.8 Å². The molecule has 1 atom stereocenters. The second-order valence-corrected chi connectivity index (χ2v) is 10.2. The molecule has 0 spiro atoms. The molecule has 3 heterocycles. The number of hydrogen-bond donors (Lipinski definition) is 2. The van der Waals surface area contributed by atoms with Crippen LogP contribution in [0.2, 0.25) is 0 Å². The van der Waals surface area contributed by atoms with E-state index in [-0.39, 0.29) is 47.7 Å². The van der Waals surface area contributed by atoms with Crippen LogP contribution in [0.1, 0.15) is 21.5 Å². The normalized spacial score (nSPS) is 19.0. The summed E-state index contributed by atoms with van der Waals surface area (Å²) in [6.07, 6.45) is 0. The minimum absolute atomic E-state index is 0. The number of hydrogen-bond acceptors (Lipinski definition) is 7. The first-order chi connectivity index (χ1) is 16.3. The van der Waals surface area contributed by atoms with E-state index in [1.807, 2.05) is 32.0 Å². The van der Waals surface area contributed by atoms with Gasteiger partial charge in [-0.25, -0.2) is 18.1 Å². The van der Waals surface area contributed by atoms with Crippen LogP contribution in [0.25, 0.3) is 11.3 Å². The van der Waals surface area contributed by atoms with E-state index in [1.54, 1.807) is 23.1 Å². The summed E-state index contributed by atoms with van der Waals surface area (Å²) in [7, 11) is -4.04. The second kappa shape index (κ2) is 9.80. The highest BCUT2D eigenvalue weighted by Gasteiger charge is 2.30. The van der Waals surface area contributed by atoms with Crippen LogP contribution in [0.4, 0.5) is 5.95 Å². The number of rotatable bonds is 1. The quantitative estimate of drug-likeness (QED) is 0.512. The third kappa shape index (κ3) is 4.95. The van der Waals surface area contributed by atoms with Crippen molar-refractivity contribution in [3.05, 3.63) is 65.2 Å². The first-order valence-corrected chi connectivity index (χ1v) is 12.5. The van der Waals surface area contributed by atoms with E-state index in [2.05, 4.69) is 20.0 Å². The number of sulfonamides is 1. The second-order valence-electron chi connectivity index (χ2n) is 8.48. The Bertz CT molecular complexity index is 1360. The number of nitrogens with one attached hydrogen (secondary N) is 2. The number of aromatic nitrogens is 2. The van der Waals surface area contributed by atoms with Crippen molar-refractivity contribution in [3.63, 3.8) is 0 Å². The van der Waals surface area contributed by atoms with Crippen LogP contribution in [0, 0.1) is 13.8 Å². The van der Waals surface area contributed by atoms with Gasteiger partial charge >= 0.3 is 0 Å².